The second-order valence-corrected chi connectivity index (χ2v) is 6.50. The van der Waals surface area contributed by atoms with Gasteiger partial charge in [0, 0.05) is 18.4 Å². The van der Waals surface area contributed by atoms with Crippen molar-refractivity contribution in [2.45, 2.75) is 32.3 Å². The third-order valence-corrected chi connectivity index (χ3v) is 4.52. The Morgan fingerprint density at radius 1 is 1.27 bits per heavy atom. The number of rotatable bonds is 7. The number of carbonyl (C=O) groups excluding carboxylic acids is 2. The maximum absolute atomic E-state index is 11.9. The summed E-state index contributed by atoms with van der Waals surface area (Å²) >= 11 is 0. The maximum atomic E-state index is 11.9. The number of nitrogens with one attached hydrogen (secondary N) is 1. The van der Waals surface area contributed by atoms with Gasteiger partial charge in [-0.25, -0.2) is 0 Å². The quantitative estimate of drug-likeness (QED) is 0.608. The Kier molecular flexibility index (Phi) is 5.52. The molecular weight excluding hydrogens is 326 g/mol. The van der Waals surface area contributed by atoms with Crippen molar-refractivity contribution in [3.05, 3.63) is 66.2 Å². The van der Waals surface area contributed by atoms with Crippen molar-refractivity contribution in [3.8, 4) is 16.9 Å². The number of carbonyl (C=O) groups is 2. The SMILES string of the molecule is C=CCCC(=O)NCC1Cc2cc(-c3ccccc3C(C)=O)ccc2O1. The van der Waals surface area contributed by atoms with Gasteiger partial charge in [0.15, 0.2) is 5.78 Å². The van der Waals surface area contributed by atoms with Crippen molar-refractivity contribution < 1.29 is 14.3 Å². The van der Waals surface area contributed by atoms with Crippen LogP contribution in [0.25, 0.3) is 11.1 Å². The van der Waals surface area contributed by atoms with Crippen LogP contribution in [-0.4, -0.2) is 24.3 Å². The Bertz CT molecular complexity index is 841. The van der Waals surface area contributed by atoms with E-state index in [2.05, 4.69) is 18.0 Å². The Labute approximate surface area is 153 Å². The molecule has 2 aromatic carbocycles. The van der Waals surface area contributed by atoms with E-state index in [9.17, 15) is 9.59 Å². The Morgan fingerprint density at radius 3 is 2.85 bits per heavy atom. The van der Waals surface area contributed by atoms with Gasteiger partial charge in [-0.2, -0.15) is 0 Å². The minimum atomic E-state index is -0.0593. The van der Waals surface area contributed by atoms with Gasteiger partial charge in [-0.15, -0.1) is 6.58 Å². The third-order valence-electron chi connectivity index (χ3n) is 4.52. The lowest BCUT2D eigenvalue weighted by Crippen LogP contribution is -2.34. The molecule has 1 aliphatic heterocycles. The summed E-state index contributed by atoms with van der Waals surface area (Å²) in [6.07, 6.45) is 3.55. The molecule has 0 bridgehead atoms. The summed E-state index contributed by atoms with van der Waals surface area (Å²) < 4.78 is 5.93. The molecule has 0 spiro atoms. The largest absolute Gasteiger partial charge is 0.488 e. The van der Waals surface area contributed by atoms with Gasteiger partial charge in [-0.3, -0.25) is 9.59 Å². The highest BCUT2D eigenvalue weighted by molar-refractivity contribution is 6.00. The van der Waals surface area contributed by atoms with E-state index in [0.29, 0.717) is 19.4 Å². The van der Waals surface area contributed by atoms with Crippen LogP contribution in [0.15, 0.2) is 55.1 Å². The first-order valence-corrected chi connectivity index (χ1v) is 8.86. The summed E-state index contributed by atoms with van der Waals surface area (Å²) in [7, 11) is 0. The minimum Gasteiger partial charge on any atom is -0.488 e. The summed E-state index contributed by atoms with van der Waals surface area (Å²) in [5.41, 5.74) is 3.77. The zero-order valence-electron chi connectivity index (χ0n) is 15.0. The molecule has 1 aliphatic rings. The highest BCUT2D eigenvalue weighted by Crippen LogP contribution is 2.34. The average molecular weight is 349 g/mol. The molecule has 1 heterocycles. The second kappa shape index (κ2) is 8.00. The Hall–Kier alpha value is -2.88. The normalized spacial score (nSPS) is 15.0. The number of benzene rings is 2. The van der Waals surface area contributed by atoms with Crippen LogP contribution < -0.4 is 10.1 Å². The van der Waals surface area contributed by atoms with E-state index in [1.54, 1.807) is 13.0 Å². The van der Waals surface area contributed by atoms with Crippen LogP contribution in [0, 0.1) is 0 Å². The Morgan fingerprint density at radius 2 is 2.08 bits per heavy atom. The number of allylic oxidation sites excluding steroid dienone is 1. The summed E-state index contributed by atoms with van der Waals surface area (Å²) in [5.74, 6) is 0.914. The molecular formula is C22H23NO3. The molecule has 2 aromatic rings. The van der Waals surface area contributed by atoms with Crippen LogP contribution in [0.4, 0.5) is 0 Å². The van der Waals surface area contributed by atoms with Crippen molar-refractivity contribution >= 4 is 11.7 Å². The van der Waals surface area contributed by atoms with Crippen LogP contribution in [-0.2, 0) is 11.2 Å². The summed E-state index contributed by atoms with van der Waals surface area (Å²) in [6.45, 7) is 5.70. The molecule has 0 aliphatic carbocycles. The first-order valence-electron chi connectivity index (χ1n) is 8.86. The van der Waals surface area contributed by atoms with Gasteiger partial charge < -0.3 is 10.1 Å². The molecule has 0 fully saturated rings. The number of ketones is 1. The molecule has 3 rings (SSSR count). The van der Waals surface area contributed by atoms with Crippen molar-refractivity contribution in [1.82, 2.24) is 5.32 Å². The van der Waals surface area contributed by atoms with Crippen LogP contribution in [0.1, 0.15) is 35.7 Å². The topological polar surface area (TPSA) is 55.4 Å². The van der Waals surface area contributed by atoms with E-state index in [-0.39, 0.29) is 17.8 Å². The predicted molar refractivity (Wildman–Crippen MR) is 102 cm³/mol. The van der Waals surface area contributed by atoms with E-state index in [4.69, 9.17) is 4.74 Å². The van der Waals surface area contributed by atoms with E-state index in [1.165, 1.54) is 0 Å². The zero-order valence-corrected chi connectivity index (χ0v) is 15.0. The lowest BCUT2D eigenvalue weighted by Gasteiger charge is -2.11. The minimum absolute atomic E-state index is 0.0144. The zero-order chi connectivity index (χ0) is 18.5. The highest BCUT2D eigenvalue weighted by atomic mass is 16.5. The molecule has 1 atom stereocenters. The first kappa shape index (κ1) is 17.9. The molecule has 26 heavy (non-hydrogen) atoms. The third kappa shape index (κ3) is 4.02. The van der Waals surface area contributed by atoms with Gasteiger partial charge in [0.2, 0.25) is 5.91 Å². The number of hydrogen-bond acceptors (Lipinski definition) is 3. The van der Waals surface area contributed by atoms with Gasteiger partial charge in [0.25, 0.3) is 0 Å². The van der Waals surface area contributed by atoms with Crippen molar-refractivity contribution in [3.63, 3.8) is 0 Å². The number of fused-ring (bicyclic) bond motifs is 1. The molecule has 1 N–H and O–H groups in total. The first-order chi connectivity index (χ1) is 12.6. The molecule has 4 heteroatoms. The molecule has 0 saturated heterocycles. The lowest BCUT2D eigenvalue weighted by molar-refractivity contribution is -0.121. The number of Topliss-reactive ketones (excluding diaryl/α,β-unsaturated/α-hetero) is 1. The highest BCUT2D eigenvalue weighted by Gasteiger charge is 2.24. The van der Waals surface area contributed by atoms with Gasteiger partial charge >= 0.3 is 0 Å². The molecule has 0 aromatic heterocycles. The number of hydrogen-bond donors (Lipinski definition) is 1. The van der Waals surface area contributed by atoms with Crippen LogP contribution in [0.2, 0.25) is 0 Å². The monoisotopic (exact) mass is 349 g/mol. The number of ether oxygens (including phenoxy) is 1. The van der Waals surface area contributed by atoms with Crippen LogP contribution >= 0.6 is 0 Å². The summed E-state index contributed by atoms with van der Waals surface area (Å²) in [6, 6.07) is 13.6. The van der Waals surface area contributed by atoms with E-state index in [1.807, 2.05) is 36.4 Å². The molecule has 1 amide bonds. The summed E-state index contributed by atoms with van der Waals surface area (Å²) in [5, 5.41) is 2.91. The van der Waals surface area contributed by atoms with Gasteiger partial charge in [0.1, 0.15) is 11.9 Å². The molecule has 134 valence electrons. The summed E-state index contributed by atoms with van der Waals surface area (Å²) in [4.78, 5) is 23.6. The standard InChI is InChI=1S/C22H23NO3/c1-3-4-9-22(25)23-14-18-13-17-12-16(10-11-21(17)26-18)20-8-6-5-7-19(20)15(2)24/h3,5-8,10-12,18H,1,4,9,13-14H2,2H3,(H,23,25). The van der Waals surface area contributed by atoms with Gasteiger partial charge in [0.05, 0.1) is 6.54 Å². The van der Waals surface area contributed by atoms with Gasteiger partial charge in [-0.05, 0) is 42.2 Å². The molecule has 0 radical (unpaired) electrons. The number of amides is 1. The molecule has 4 nitrogen and oxygen atoms in total. The van der Waals surface area contributed by atoms with E-state index in [0.717, 1.165) is 34.4 Å². The predicted octanol–water partition coefficient (Wildman–Crippen LogP) is 3.94. The molecule has 0 saturated carbocycles. The Balaban J connectivity index is 1.70. The fourth-order valence-electron chi connectivity index (χ4n) is 3.19. The fraction of sp³-hybridized carbons (Fsp3) is 0.273. The molecule has 1 unspecified atom stereocenters. The van der Waals surface area contributed by atoms with E-state index < -0.39 is 0 Å². The van der Waals surface area contributed by atoms with Crippen molar-refractivity contribution in [2.75, 3.05) is 6.54 Å². The van der Waals surface area contributed by atoms with Crippen molar-refractivity contribution in [2.24, 2.45) is 0 Å². The van der Waals surface area contributed by atoms with Crippen LogP contribution in [0.5, 0.6) is 5.75 Å². The lowest BCUT2D eigenvalue weighted by atomic mass is 9.95. The van der Waals surface area contributed by atoms with E-state index >= 15 is 0 Å². The fourth-order valence-corrected chi connectivity index (χ4v) is 3.19. The van der Waals surface area contributed by atoms with Gasteiger partial charge in [-0.1, -0.05) is 36.4 Å². The smallest absolute Gasteiger partial charge is 0.220 e. The van der Waals surface area contributed by atoms with Crippen molar-refractivity contribution in [1.29, 1.82) is 0 Å². The second-order valence-electron chi connectivity index (χ2n) is 6.50. The van der Waals surface area contributed by atoms with Crippen LogP contribution in [0.3, 0.4) is 0 Å². The maximum Gasteiger partial charge on any atom is 0.220 e. The average Bonchev–Trinajstić information content (AvgIpc) is 3.06.